The van der Waals surface area contributed by atoms with E-state index in [9.17, 15) is 9.90 Å². The summed E-state index contributed by atoms with van der Waals surface area (Å²) in [4.78, 5) is 18.9. The summed E-state index contributed by atoms with van der Waals surface area (Å²) in [5, 5.41) is 18.9. The third-order valence-corrected chi connectivity index (χ3v) is 1.53. The summed E-state index contributed by atoms with van der Waals surface area (Å²) < 4.78 is -1.26. The number of aliphatic carboxylic acids is 2. The molecule has 9 heteroatoms. The summed E-state index contributed by atoms with van der Waals surface area (Å²) in [7, 11) is 0. The predicted molar refractivity (Wildman–Crippen MR) is 50.2 cm³/mol. The number of hydrogen-bond acceptors (Lipinski definition) is 4. The van der Waals surface area contributed by atoms with E-state index in [1.807, 2.05) is 0 Å². The molecule has 0 rings (SSSR count). The molecular weight excluding hydrogens is 410 g/mol. The second kappa shape index (κ2) is 10.2. The number of carbonyl (C=O) groups is 2. The van der Waals surface area contributed by atoms with Gasteiger partial charge in [0, 0.05) is 0 Å². The maximum atomic E-state index is 9.77. The van der Waals surface area contributed by atoms with E-state index in [-0.39, 0.29) is 29.6 Å². The van der Waals surface area contributed by atoms with Crippen molar-refractivity contribution in [2.75, 3.05) is 5.88 Å². The normalized spacial score (nSPS) is 8.92. The summed E-state index contributed by atoms with van der Waals surface area (Å²) in [5.41, 5.74) is 0. The van der Waals surface area contributed by atoms with Crippen molar-refractivity contribution in [3.8, 4) is 0 Å². The third kappa shape index (κ3) is 19.9. The van der Waals surface area contributed by atoms with Crippen molar-refractivity contribution in [2.24, 2.45) is 0 Å². The summed E-state index contributed by atoms with van der Waals surface area (Å²) in [6.07, 6.45) is 0. The number of carboxylic acids is 2. The van der Waals surface area contributed by atoms with Gasteiger partial charge in [0.05, 0.1) is 17.8 Å². The molecule has 0 spiro atoms. The van der Waals surface area contributed by atoms with Crippen LogP contribution in [0, 0.1) is 0 Å². The van der Waals surface area contributed by atoms with Gasteiger partial charge >= 0.3 is 29.6 Å². The summed E-state index contributed by atoms with van der Waals surface area (Å²) in [5.74, 6) is -2.90. The zero-order chi connectivity index (χ0) is 10.4. The van der Waals surface area contributed by atoms with E-state index in [0.717, 1.165) is 0 Å². The topological polar surface area (TPSA) is 80.3 Å². The van der Waals surface area contributed by atoms with Gasteiger partial charge in [0.1, 0.15) is 0 Å². The van der Waals surface area contributed by atoms with Crippen LogP contribution in [0.5, 0.6) is 0 Å². The molecule has 0 heterocycles. The van der Waals surface area contributed by atoms with E-state index in [2.05, 4.69) is 59.4 Å². The average molecular weight is 412 g/mol. The van der Waals surface area contributed by atoms with Gasteiger partial charge < -0.3 is 19.8 Å². The molecule has 4 nitrogen and oxygen atoms in total. The molecule has 0 bridgehead atoms. The molecule has 0 unspecified atom stereocenters. The molecule has 0 aliphatic rings. The number of hydrogen-bond donors (Lipinski definition) is 0. The fourth-order valence-electron chi connectivity index (χ4n) is 0. The van der Waals surface area contributed by atoms with Crippen LogP contribution in [0.15, 0.2) is 0 Å². The van der Waals surface area contributed by atoms with Crippen LogP contribution in [0.2, 0.25) is 0 Å². The minimum Gasteiger partial charge on any atom is -0.549 e. The second-order valence-corrected chi connectivity index (χ2v) is 8.32. The Bertz CT molecular complexity index is 171. The van der Waals surface area contributed by atoms with Gasteiger partial charge in [-0.1, -0.05) is 47.8 Å². The number of rotatable bonds is 1. The predicted octanol–water partition coefficient (Wildman–Crippen LogP) is -3.45. The molecule has 0 fully saturated rings. The van der Waals surface area contributed by atoms with Crippen molar-refractivity contribution in [3.05, 3.63) is 0 Å². The standard InChI is InChI=1S/C2HBr3O2.C2H3ClO2.Na/c3-2(4,5)1(6)7;3-1-2(4)5;/h(H,6,7);1H2,(H,4,5);/q;;+1/p-2. The van der Waals surface area contributed by atoms with Crippen molar-refractivity contribution in [2.45, 2.75) is 2.14 Å². The van der Waals surface area contributed by atoms with Gasteiger partial charge in [-0.2, -0.15) is 0 Å². The monoisotopic (exact) mass is 409 g/mol. The molecule has 0 saturated carbocycles. The van der Waals surface area contributed by atoms with Gasteiger partial charge in [0.15, 0.2) is 2.14 Å². The third-order valence-electron chi connectivity index (χ3n) is 0.341. The van der Waals surface area contributed by atoms with E-state index in [0.29, 0.717) is 0 Å². The first-order chi connectivity index (χ1) is 5.21. The van der Waals surface area contributed by atoms with Crippen molar-refractivity contribution in [3.63, 3.8) is 0 Å². The van der Waals surface area contributed by atoms with Gasteiger partial charge in [-0.25, -0.2) is 0 Å². The largest absolute Gasteiger partial charge is 1.00 e. The van der Waals surface area contributed by atoms with Gasteiger partial charge in [-0.3, -0.25) is 0 Å². The van der Waals surface area contributed by atoms with E-state index >= 15 is 0 Å². The summed E-state index contributed by atoms with van der Waals surface area (Å²) in [6, 6.07) is 0. The van der Waals surface area contributed by atoms with E-state index in [4.69, 9.17) is 9.90 Å². The molecule has 0 saturated heterocycles. The SMILES string of the molecule is O=C([O-])C(Br)(Br)Br.O=C([O-])CCl.[Na+]. The van der Waals surface area contributed by atoms with Crippen molar-refractivity contribution >= 4 is 71.3 Å². The first-order valence-corrected chi connectivity index (χ1v) is 5.17. The Labute approximate surface area is 127 Å². The zero-order valence-electron chi connectivity index (χ0n) is 6.35. The minimum absolute atomic E-state index is 0. The molecule has 0 amide bonds. The van der Waals surface area contributed by atoms with Crippen LogP contribution < -0.4 is 39.8 Å². The second-order valence-electron chi connectivity index (χ2n) is 1.29. The van der Waals surface area contributed by atoms with Crippen LogP contribution in [-0.4, -0.2) is 20.0 Å². The molecule has 0 aromatic heterocycles. The fourth-order valence-corrected chi connectivity index (χ4v) is 0. The molecule has 0 aromatic rings. The molecule has 0 radical (unpaired) electrons. The maximum absolute atomic E-state index is 9.77. The Hall–Kier alpha value is 1.67. The summed E-state index contributed by atoms with van der Waals surface area (Å²) in [6.45, 7) is 0. The van der Waals surface area contributed by atoms with Crippen molar-refractivity contribution in [1.29, 1.82) is 0 Å². The van der Waals surface area contributed by atoms with Crippen LogP contribution in [-0.2, 0) is 9.59 Å². The van der Waals surface area contributed by atoms with E-state index < -0.39 is 20.0 Å². The van der Waals surface area contributed by atoms with E-state index in [1.165, 1.54) is 0 Å². The Morgan fingerprint density at radius 3 is 1.38 bits per heavy atom. The molecule has 0 aliphatic carbocycles. The first-order valence-electron chi connectivity index (χ1n) is 2.25. The Morgan fingerprint density at radius 1 is 1.23 bits per heavy atom. The Kier molecular flexibility index (Phi) is 15.8. The number of alkyl halides is 4. The maximum Gasteiger partial charge on any atom is 1.00 e. The first kappa shape index (κ1) is 20.1. The molecular formula is C4H2Br3ClNaO4-. The van der Waals surface area contributed by atoms with Gasteiger partial charge in [-0.05, 0) is 0 Å². The van der Waals surface area contributed by atoms with Crippen LogP contribution >= 0.6 is 59.4 Å². The van der Waals surface area contributed by atoms with Crippen molar-refractivity contribution in [1.82, 2.24) is 0 Å². The molecule has 0 aliphatic heterocycles. The molecule has 13 heavy (non-hydrogen) atoms. The van der Waals surface area contributed by atoms with Crippen LogP contribution in [0.25, 0.3) is 0 Å². The number of halogens is 4. The average Bonchev–Trinajstić information content (AvgIpc) is 1.87. The number of carboxylic acid groups (broad SMARTS) is 2. The quantitative estimate of drug-likeness (QED) is 0.332. The molecule has 72 valence electrons. The Balaban J connectivity index is -0.000000150. The van der Waals surface area contributed by atoms with Gasteiger partial charge in [0.25, 0.3) is 0 Å². The zero-order valence-corrected chi connectivity index (χ0v) is 13.9. The van der Waals surface area contributed by atoms with Crippen LogP contribution in [0.1, 0.15) is 0 Å². The van der Waals surface area contributed by atoms with E-state index in [1.54, 1.807) is 0 Å². The van der Waals surface area contributed by atoms with Crippen LogP contribution in [0.4, 0.5) is 0 Å². The van der Waals surface area contributed by atoms with Gasteiger partial charge in [0.2, 0.25) is 0 Å². The molecule has 0 aromatic carbocycles. The Morgan fingerprint density at radius 2 is 1.38 bits per heavy atom. The fraction of sp³-hybridized carbons (Fsp3) is 0.500. The summed E-state index contributed by atoms with van der Waals surface area (Å²) >= 11 is 12.8. The minimum atomic E-state index is -1.26. The molecule has 0 N–H and O–H groups in total. The molecule has 0 atom stereocenters. The number of carbonyl (C=O) groups excluding carboxylic acids is 2. The van der Waals surface area contributed by atoms with Gasteiger partial charge in [-0.15, -0.1) is 11.6 Å². The van der Waals surface area contributed by atoms with Crippen LogP contribution in [0.3, 0.4) is 0 Å². The smallest absolute Gasteiger partial charge is 0.549 e. The van der Waals surface area contributed by atoms with Crippen molar-refractivity contribution < 1.29 is 49.4 Å².